The molecule has 0 saturated heterocycles. The molecule has 24 heavy (non-hydrogen) atoms. The summed E-state index contributed by atoms with van der Waals surface area (Å²) < 4.78 is 0. The van der Waals surface area contributed by atoms with Crippen LogP contribution in [0.3, 0.4) is 0 Å². The number of hydrogen-bond acceptors (Lipinski definition) is 3. The minimum atomic E-state index is 0.304. The number of aliphatic imine (C=N–C) groups is 1. The average Bonchev–Trinajstić information content (AvgIpc) is 2.58. The van der Waals surface area contributed by atoms with E-state index in [9.17, 15) is 0 Å². The topological polar surface area (TPSA) is 18.8 Å². The van der Waals surface area contributed by atoms with Crippen molar-refractivity contribution in [2.45, 2.75) is 25.9 Å². The summed E-state index contributed by atoms with van der Waals surface area (Å²) in [6, 6.07) is 21.4. The summed E-state index contributed by atoms with van der Waals surface area (Å²) in [6.45, 7) is 3.81. The summed E-state index contributed by atoms with van der Waals surface area (Å²) in [5, 5.41) is 0. The van der Waals surface area contributed by atoms with Crippen molar-refractivity contribution in [1.82, 2.24) is 9.80 Å². The summed E-state index contributed by atoms with van der Waals surface area (Å²) >= 11 is 0. The lowest BCUT2D eigenvalue weighted by molar-refractivity contribution is 0.188. The van der Waals surface area contributed by atoms with Crippen LogP contribution in [0.1, 0.15) is 18.1 Å². The zero-order valence-corrected chi connectivity index (χ0v) is 15.3. The van der Waals surface area contributed by atoms with Gasteiger partial charge in [-0.25, -0.2) is 0 Å². The van der Waals surface area contributed by atoms with Gasteiger partial charge in [-0.3, -0.25) is 14.8 Å². The van der Waals surface area contributed by atoms with Crippen LogP contribution in [0, 0.1) is 0 Å². The lowest BCUT2D eigenvalue weighted by atomic mass is 10.0. The Hall–Kier alpha value is -1.97. The van der Waals surface area contributed by atoms with Crippen LogP contribution < -0.4 is 0 Å². The maximum atomic E-state index is 4.88. The number of nitrogens with zero attached hydrogens (tertiary/aromatic N) is 3. The molecule has 0 bridgehead atoms. The van der Waals surface area contributed by atoms with E-state index in [2.05, 4.69) is 92.5 Å². The SMILES string of the molecule is CC(=NCc1ccccc1)C(Cc1ccccc1)N(C)CN(C)C. The Morgan fingerprint density at radius 3 is 1.96 bits per heavy atom. The molecule has 0 amide bonds. The van der Waals surface area contributed by atoms with Crippen molar-refractivity contribution >= 4 is 5.71 Å². The van der Waals surface area contributed by atoms with Gasteiger partial charge in [-0.1, -0.05) is 60.7 Å². The molecule has 2 rings (SSSR count). The molecule has 0 aliphatic carbocycles. The monoisotopic (exact) mass is 323 g/mol. The van der Waals surface area contributed by atoms with Crippen molar-refractivity contribution in [3.63, 3.8) is 0 Å². The largest absolute Gasteiger partial charge is 0.297 e. The van der Waals surface area contributed by atoms with Crippen molar-refractivity contribution < 1.29 is 0 Å². The van der Waals surface area contributed by atoms with Crippen molar-refractivity contribution in [2.75, 3.05) is 27.8 Å². The molecule has 3 heteroatoms. The summed E-state index contributed by atoms with van der Waals surface area (Å²) in [4.78, 5) is 9.44. The highest BCUT2D eigenvalue weighted by atomic mass is 15.3. The maximum Gasteiger partial charge on any atom is 0.0639 e. The Balaban J connectivity index is 2.13. The van der Waals surface area contributed by atoms with Gasteiger partial charge in [-0.15, -0.1) is 0 Å². The molecule has 0 aliphatic heterocycles. The molecule has 1 unspecified atom stereocenters. The average molecular weight is 323 g/mol. The fraction of sp³-hybridized carbons (Fsp3) is 0.381. The molecule has 0 aliphatic rings. The van der Waals surface area contributed by atoms with E-state index in [1.54, 1.807) is 0 Å². The summed E-state index contributed by atoms with van der Waals surface area (Å²) in [6.07, 6.45) is 0.981. The van der Waals surface area contributed by atoms with Crippen molar-refractivity contribution in [2.24, 2.45) is 4.99 Å². The lowest BCUT2D eigenvalue weighted by Gasteiger charge is -2.30. The second kappa shape index (κ2) is 9.36. The highest BCUT2D eigenvalue weighted by Gasteiger charge is 2.19. The highest BCUT2D eigenvalue weighted by molar-refractivity contribution is 5.87. The van der Waals surface area contributed by atoms with Crippen LogP contribution in [0.25, 0.3) is 0 Å². The maximum absolute atomic E-state index is 4.88. The van der Waals surface area contributed by atoms with Crippen molar-refractivity contribution in [3.8, 4) is 0 Å². The smallest absolute Gasteiger partial charge is 0.0639 e. The Kier molecular flexibility index (Phi) is 7.16. The zero-order valence-electron chi connectivity index (χ0n) is 15.3. The number of likely N-dealkylation sites (N-methyl/N-ethyl adjacent to an activating group) is 1. The molecule has 0 aromatic heterocycles. The molecule has 0 heterocycles. The molecular weight excluding hydrogens is 294 g/mol. The van der Waals surface area contributed by atoms with Gasteiger partial charge in [-0.05, 0) is 45.6 Å². The van der Waals surface area contributed by atoms with E-state index >= 15 is 0 Å². The van der Waals surface area contributed by atoms with Crippen LogP contribution in [0.2, 0.25) is 0 Å². The summed E-state index contributed by atoms with van der Waals surface area (Å²) in [5.74, 6) is 0. The van der Waals surface area contributed by atoms with Gasteiger partial charge in [0.15, 0.2) is 0 Å². The van der Waals surface area contributed by atoms with Gasteiger partial charge in [0.05, 0.1) is 19.3 Å². The molecule has 1 atom stereocenters. The zero-order chi connectivity index (χ0) is 17.4. The molecule has 128 valence electrons. The Labute approximate surface area is 146 Å². The van der Waals surface area contributed by atoms with Crippen LogP contribution in [-0.4, -0.2) is 49.4 Å². The predicted molar refractivity (Wildman–Crippen MR) is 104 cm³/mol. The van der Waals surface area contributed by atoms with Crippen LogP contribution in [0.5, 0.6) is 0 Å². The standard InChI is InChI=1S/C21H29N3/c1-18(22-16-20-13-9-6-10-14-20)21(24(4)17-23(2)3)15-19-11-7-5-8-12-19/h5-14,21H,15-17H2,1-4H3. The van der Waals surface area contributed by atoms with Gasteiger partial charge in [0.25, 0.3) is 0 Å². The van der Waals surface area contributed by atoms with E-state index in [4.69, 9.17) is 4.99 Å². The molecule has 0 spiro atoms. The van der Waals surface area contributed by atoms with Gasteiger partial charge >= 0.3 is 0 Å². The number of rotatable bonds is 8. The molecular formula is C21H29N3. The third-order valence-electron chi connectivity index (χ3n) is 4.15. The molecule has 0 saturated carbocycles. The molecule has 3 nitrogen and oxygen atoms in total. The van der Waals surface area contributed by atoms with Crippen molar-refractivity contribution in [3.05, 3.63) is 71.8 Å². The van der Waals surface area contributed by atoms with E-state index in [0.717, 1.165) is 19.6 Å². The molecule has 0 N–H and O–H groups in total. The van der Waals surface area contributed by atoms with Gasteiger partial charge in [-0.2, -0.15) is 0 Å². The van der Waals surface area contributed by atoms with E-state index in [1.807, 2.05) is 6.07 Å². The Bertz CT molecular complexity index is 620. The quantitative estimate of drug-likeness (QED) is 0.545. The van der Waals surface area contributed by atoms with Gasteiger partial charge in [0.2, 0.25) is 0 Å². The minimum absolute atomic E-state index is 0.304. The third kappa shape index (κ3) is 5.91. The Morgan fingerprint density at radius 1 is 0.875 bits per heavy atom. The first-order chi connectivity index (χ1) is 11.6. The summed E-state index contributed by atoms with van der Waals surface area (Å²) in [7, 11) is 6.38. The van der Waals surface area contributed by atoms with Crippen LogP contribution in [0.15, 0.2) is 65.7 Å². The van der Waals surface area contributed by atoms with Gasteiger partial charge in [0.1, 0.15) is 0 Å². The van der Waals surface area contributed by atoms with E-state index < -0.39 is 0 Å². The first-order valence-corrected chi connectivity index (χ1v) is 8.50. The predicted octanol–water partition coefficient (Wildman–Crippen LogP) is 3.71. The Morgan fingerprint density at radius 2 is 1.42 bits per heavy atom. The van der Waals surface area contributed by atoms with Crippen LogP contribution in [-0.2, 0) is 13.0 Å². The first-order valence-electron chi connectivity index (χ1n) is 8.50. The molecule has 2 aromatic rings. The van der Waals surface area contributed by atoms with E-state index in [0.29, 0.717) is 6.04 Å². The molecule has 2 aromatic carbocycles. The highest BCUT2D eigenvalue weighted by Crippen LogP contribution is 2.11. The van der Waals surface area contributed by atoms with E-state index in [1.165, 1.54) is 16.8 Å². The normalized spacial score (nSPS) is 13.5. The molecule has 0 fully saturated rings. The first kappa shape index (κ1) is 18.4. The van der Waals surface area contributed by atoms with Crippen LogP contribution in [0.4, 0.5) is 0 Å². The second-order valence-corrected chi connectivity index (χ2v) is 6.63. The van der Waals surface area contributed by atoms with Crippen molar-refractivity contribution in [1.29, 1.82) is 0 Å². The fourth-order valence-corrected chi connectivity index (χ4v) is 2.91. The third-order valence-corrected chi connectivity index (χ3v) is 4.15. The minimum Gasteiger partial charge on any atom is -0.297 e. The lowest BCUT2D eigenvalue weighted by Crippen LogP contribution is -2.43. The molecule has 0 radical (unpaired) electrons. The van der Waals surface area contributed by atoms with E-state index in [-0.39, 0.29) is 0 Å². The van der Waals surface area contributed by atoms with Gasteiger partial charge in [0, 0.05) is 5.71 Å². The number of hydrogen-bond donors (Lipinski definition) is 0. The number of benzene rings is 2. The van der Waals surface area contributed by atoms with Gasteiger partial charge < -0.3 is 0 Å². The van der Waals surface area contributed by atoms with Crippen LogP contribution >= 0.6 is 0 Å². The second-order valence-electron chi connectivity index (χ2n) is 6.63. The summed E-state index contributed by atoms with van der Waals surface area (Å²) in [5.41, 5.74) is 3.79. The fourth-order valence-electron chi connectivity index (χ4n) is 2.91.